The second kappa shape index (κ2) is 5.84. The van der Waals surface area contributed by atoms with E-state index in [1.165, 1.54) is 5.75 Å². The summed E-state index contributed by atoms with van der Waals surface area (Å²) in [5.74, 6) is 3.55. The van der Waals surface area contributed by atoms with Crippen molar-refractivity contribution >= 4 is 11.8 Å². The highest BCUT2D eigenvalue weighted by molar-refractivity contribution is 7.99. The Morgan fingerprint density at radius 2 is 2.47 bits per heavy atom. The van der Waals surface area contributed by atoms with Crippen molar-refractivity contribution < 1.29 is 4.52 Å². The lowest BCUT2D eigenvalue weighted by Gasteiger charge is -2.29. The minimum absolute atomic E-state index is 0.122. The molecule has 2 rings (SSSR count). The van der Waals surface area contributed by atoms with Crippen LogP contribution in [-0.4, -0.2) is 40.1 Å². The molecule has 0 aliphatic carbocycles. The van der Waals surface area contributed by atoms with Gasteiger partial charge in [-0.05, 0) is 13.5 Å². The molecule has 96 valence electrons. The Labute approximate surface area is 106 Å². The van der Waals surface area contributed by atoms with Crippen LogP contribution in [0.1, 0.15) is 43.6 Å². The minimum Gasteiger partial charge on any atom is -0.338 e. The number of rotatable bonds is 4. The van der Waals surface area contributed by atoms with E-state index >= 15 is 0 Å². The molecule has 1 fully saturated rings. The lowest BCUT2D eigenvalue weighted by molar-refractivity contribution is 0.256. The van der Waals surface area contributed by atoms with Crippen molar-refractivity contribution in [3.63, 3.8) is 0 Å². The Kier molecular flexibility index (Phi) is 4.42. The van der Waals surface area contributed by atoms with Gasteiger partial charge in [-0.15, -0.1) is 0 Å². The summed E-state index contributed by atoms with van der Waals surface area (Å²) >= 11 is 1.93. The van der Waals surface area contributed by atoms with Gasteiger partial charge < -0.3 is 10.3 Å². The molecule has 0 bridgehead atoms. The summed E-state index contributed by atoms with van der Waals surface area (Å²) in [7, 11) is 2.10. The monoisotopic (exact) mass is 256 g/mol. The van der Waals surface area contributed by atoms with Gasteiger partial charge in [-0.2, -0.15) is 16.7 Å². The highest BCUT2D eigenvalue weighted by Crippen LogP contribution is 2.27. The van der Waals surface area contributed by atoms with Crippen LogP contribution in [0.15, 0.2) is 4.52 Å². The van der Waals surface area contributed by atoms with Crippen molar-refractivity contribution in [2.24, 2.45) is 5.73 Å². The summed E-state index contributed by atoms with van der Waals surface area (Å²) in [6.45, 7) is 3.17. The summed E-state index contributed by atoms with van der Waals surface area (Å²) in [6.07, 6.45) is 1.91. The van der Waals surface area contributed by atoms with Gasteiger partial charge in [0.05, 0.1) is 12.1 Å². The third-order valence-corrected chi connectivity index (χ3v) is 4.09. The first kappa shape index (κ1) is 12.9. The van der Waals surface area contributed by atoms with Gasteiger partial charge in [0.15, 0.2) is 5.82 Å². The van der Waals surface area contributed by atoms with Gasteiger partial charge in [-0.3, -0.25) is 4.90 Å². The maximum Gasteiger partial charge on any atom is 0.243 e. The van der Waals surface area contributed by atoms with E-state index < -0.39 is 0 Å². The molecule has 0 radical (unpaired) electrons. The summed E-state index contributed by atoms with van der Waals surface area (Å²) in [5.41, 5.74) is 5.97. The number of nitrogens with zero attached hydrogens (tertiary/aromatic N) is 3. The van der Waals surface area contributed by atoms with Crippen molar-refractivity contribution in [3.8, 4) is 0 Å². The van der Waals surface area contributed by atoms with Gasteiger partial charge in [-0.1, -0.05) is 18.5 Å². The molecule has 0 amide bonds. The predicted molar refractivity (Wildman–Crippen MR) is 68.8 cm³/mol. The van der Waals surface area contributed by atoms with E-state index in [0.717, 1.165) is 31.0 Å². The smallest absolute Gasteiger partial charge is 0.243 e. The van der Waals surface area contributed by atoms with Gasteiger partial charge in [0.25, 0.3) is 0 Å². The third-order valence-electron chi connectivity index (χ3n) is 3.07. The fraction of sp³-hybridized carbons (Fsp3) is 0.818. The van der Waals surface area contributed by atoms with Crippen LogP contribution in [-0.2, 0) is 0 Å². The van der Waals surface area contributed by atoms with Gasteiger partial charge in [0, 0.05) is 18.1 Å². The van der Waals surface area contributed by atoms with E-state index in [0.29, 0.717) is 5.89 Å². The van der Waals surface area contributed by atoms with Crippen molar-refractivity contribution in [3.05, 3.63) is 11.7 Å². The summed E-state index contributed by atoms with van der Waals surface area (Å²) in [4.78, 5) is 6.72. The van der Waals surface area contributed by atoms with Gasteiger partial charge in [0.1, 0.15) is 0 Å². The highest BCUT2D eigenvalue weighted by atomic mass is 32.2. The molecule has 1 aromatic heterocycles. The number of hydrogen-bond donors (Lipinski definition) is 1. The molecule has 0 saturated carbocycles. The maximum absolute atomic E-state index is 5.97. The molecule has 0 spiro atoms. The van der Waals surface area contributed by atoms with Gasteiger partial charge >= 0.3 is 0 Å². The molecule has 1 aliphatic heterocycles. The quantitative estimate of drug-likeness (QED) is 0.882. The first-order chi connectivity index (χ1) is 8.22. The molecule has 1 saturated heterocycles. The lowest BCUT2D eigenvalue weighted by Crippen LogP contribution is -2.33. The van der Waals surface area contributed by atoms with Crippen molar-refractivity contribution in [1.29, 1.82) is 0 Å². The van der Waals surface area contributed by atoms with Gasteiger partial charge in [0.2, 0.25) is 5.89 Å². The Balaban J connectivity index is 2.06. The first-order valence-corrected chi connectivity index (χ1v) is 7.25. The van der Waals surface area contributed by atoms with E-state index in [9.17, 15) is 0 Å². The summed E-state index contributed by atoms with van der Waals surface area (Å²) in [5, 5.41) is 4.07. The number of aromatic nitrogens is 2. The van der Waals surface area contributed by atoms with E-state index in [1.54, 1.807) is 0 Å². The van der Waals surface area contributed by atoms with Crippen LogP contribution >= 0.6 is 11.8 Å². The molecule has 5 nitrogen and oxygen atoms in total. The third kappa shape index (κ3) is 3.00. The molecular weight excluding hydrogens is 236 g/mol. The SMILES string of the molecule is CCC[C@@H](N)c1nc(C2CSCCN2C)no1. The highest BCUT2D eigenvalue weighted by Gasteiger charge is 2.26. The molecule has 2 heterocycles. The second-order valence-electron chi connectivity index (χ2n) is 4.46. The average molecular weight is 256 g/mol. The minimum atomic E-state index is -0.122. The van der Waals surface area contributed by atoms with Crippen LogP contribution in [0.25, 0.3) is 0 Å². The Hall–Kier alpha value is -0.590. The largest absolute Gasteiger partial charge is 0.338 e. The number of thioether (sulfide) groups is 1. The van der Waals surface area contributed by atoms with Crippen molar-refractivity contribution in [1.82, 2.24) is 15.0 Å². The molecule has 1 unspecified atom stereocenters. The fourth-order valence-electron chi connectivity index (χ4n) is 1.93. The van der Waals surface area contributed by atoms with E-state index in [2.05, 4.69) is 29.0 Å². The Bertz CT molecular complexity index is 357. The van der Waals surface area contributed by atoms with Gasteiger partial charge in [-0.25, -0.2) is 0 Å². The molecule has 1 aromatic rings. The van der Waals surface area contributed by atoms with E-state index in [4.69, 9.17) is 10.3 Å². The molecule has 2 atom stereocenters. The van der Waals surface area contributed by atoms with Crippen LogP contribution in [0.5, 0.6) is 0 Å². The second-order valence-corrected chi connectivity index (χ2v) is 5.61. The Morgan fingerprint density at radius 3 is 3.18 bits per heavy atom. The molecule has 0 aromatic carbocycles. The molecule has 6 heteroatoms. The van der Waals surface area contributed by atoms with E-state index in [1.807, 2.05) is 11.8 Å². The molecule has 2 N–H and O–H groups in total. The molecule has 1 aliphatic rings. The normalized spacial score (nSPS) is 23.8. The zero-order valence-electron chi connectivity index (χ0n) is 10.4. The number of nitrogens with two attached hydrogens (primary N) is 1. The summed E-state index contributed by atoms with van der Waals surface area (Å²) in [6, 6.07) is 0.142. The van der Waals surface area contributed by atoms with E-state index in [-0.39, 0.29) is 12.1 Å². The van der Waals surface area contributed by atoms with Crippen LogP contribution in [0.4, 0.5) is 0 Å². The molecular formula is C11H20N4OS. The van der Waals surface area contributed by atoms with Crippen LogP contribution in [0.2, 0.25) is 0 Å². The fourth-order valence-corrected chi connectivity index (χ4v) is 3.14. The summed E-state index contributed by atoms with van der Waals surface area (Å²) < 4.78 is 5.26. The standard InChI is InChI=1S/C11H20N4OS/c1-3-4-8(12)11-13-10(14-16-11)9-7-17-6-5-15(9)2/h8-9H,3-7,12H2,1-2H3/t8-,9?/m1/s1. The van der Waals surface area contributed by atoms with Crippen LogP contribution < -0.4 is 5.73 Å². The topological polar surface area (TPSA) is 68.2 Å². The zero-order chi connectivity index (χ0) is 12.3. The number of hydrogen-bond acceptors (Lipinski definition) is 6. The Morgan fingerprint density at radius 1 is 1.65 bits per heavy atom. The van der Waals surface area contributed by atoms with Crippen molar-refractivity contribution in [2.45, 2.75) is 31.8 Å². The maximum atomic E-state index is 5.97. The first-order valence-electron chi connectivity index (χ1n) is 6.09. The lowest BCUT2D eigenvalue weighted by atomic mass is 10.2. The van der Waals surface area contributed by atoms with Crippen LogP contribution in [0, 0.1) is 0 Å². The average Bonchev–Trinajstić information content (AvgIpc) is 2.79. The van der Waals surface area contributed by atoms with Crippen LogP contribution in [0.3, 0.4) is 0 Å². The van der Waals surface area contributed by atoms with Crippen molar-refractivity contribution in [2.75, 3.05) is 25.1 Å². The zero-order valence-corrected chi connectivity index (χ0v) is 11.2. The predicted octanol–water partition coefficient (Wildman–Crippen LogP) is 1.59. The molecule has 17 heavy (non-hydrogen) atoms.